The molecule has 2 heterocycles. The number of nitrogens with zero attached hydrogens (tertiary/aromatic N) is 5. The van der Waals surface area contributed by atoms with Gasteiger partial charge in [0.2, 0.25) is 5.72 Å². The van der Waals surface area contributed by atoms with Gasteiger partial charge in [0, 0.05) is 31.9 Å². The van der Waals surface area contributed by atoms with Crippen LogP contribution in [0.15, 0.2) is 22.2 Å². The molecule has 1 aliphatic rings. The summed E-state index contributed by atoms with van der Waals surface area (Å²) in [6, 6.07) is 1.27. The molecule has 0 saturated carbocycles. The average molecular weight is 410 g/mol. The van der Waals surface area contributed by atoms with Gasteiger partial charge in [0.25, 0.3) is 0 Å². The Morgan fingerprint density at radius 3 is 2.48 bits per heavy atom. The molecule has 14 heteroatoms. The van der Waals surface area contributed by atoms with Crippen molar-refractivity contribution >= 4 is 23.7 Å². The van der Waals surface area contributed by atoms with Gasteiger partial charge in [-0.1, -0.05) is 5.11 Å². The molecular formula is C15H18N6O8. The Labute approximate surface area is 163 Å². The van der Waals surface area contributed by atoms with E-state index in [4.69, 9.17) is 30.2 Å². The van der Waals surface area contributed by atoms with Crippen LogP contribution in [0, 0.1) is 0 Å². The number of hydrogen-bond acceptors (Lipinski definition) is 11. The number of carbonyl (C=O) groups is 3. The molecule has 1 aromatic rings. The summed E-state index contributed by atoms with van der Waals surface area (Å²) < 4.78 is 21.9. The van der Waals surface area contributed by atoms with Crippen molar-refractivity contribution < 1.29 is 33.3 Å². The van der Waals surface area contributed by atoms with Gasteiger partial charge in [-0.2, -0.15) is 4.98 Å². The summed E-state index contributed by atoms with van der Waals surface area (Å²) in [4.78, 5) is 53.1. The summed E-state index contributed by atoms with van der Waals surface area (Å²) in [7, 11) is 0. The van der Waals surface area contributed by atoms with E-state index in [-0.39, 0.29) is 5.82 Å². The van der Waals surface area contributed by atoms with E-state index in [1.165, 1.54) is 12.3 Å². The standard InChI is InChI=1S/C15H18N6O8/c1-7(22)26-6-15(19-20-17)12(28-9(3)24)11(27-8(2)23)13(29-15)21-5-4-10(16)18-14(21)25/h4-5,11-13H,6H2,1-3H3,(H2,16,18,25). The molecule has 29 heavy (non-hydrogen) atoms. The molecule has 14 nitrogen and oxygen atoms in total. The van der Waals surface area contributed by atoms with Gasteiger partial charge in [0.05, 0.1) is 0 Å². The second-order valence-electron chi connectivity index (χ2n) is 5.97. The van der Waals surface area contributed by atoms with E-state index in [1.54, 1.807) is 0 Å². The zero-order valence-corrected chi connectivity index (χ0v) is 15.7. The number of hydrogen-bond donors (Lipinski definition) is 1. The fourth-order valence-corrected chi connectivity index (χ4v) is 2.74. The Morgan fingerprint density at radius 2 is 1.97 bits per heavy atom. The second kappa shape index (κ2) is 8.58. The molecule has 0 amide bonds. The van der Waals surface area contributed by atoms with Crippen molar-refractivity contribution in [1.82, 2.24) is 9.55 Å². The quantitative estimate of drug-likeness (QED) is 0.215. The third kappa shape index (κ3) is 4.80. The highest BCUT2D eigenvalue weighted by molar-refractivity contribution is 5.68. The summed E-state index contributed by atoms with van der Waals surface area (Å²) >= 11 is 0. The van der Waals surface area contributed by atoms with Gasteiger partial charge in [0.1, 0.15) is 12.4 Å². The van der Waals surface area contributed by atoms with Crippen LogP contribution in [0.1, 0.15) is 27.0 Å². The Hall–Kier alpha value is -3.64. The smallest absolute Gasteiger partial charge is 0.351 e. The number of esters is 3. The van der Waals surface area contributed by atoms with E-state index in [1.807, 2.05) is 0 Å². The molecule has 0 radical (unpaired) electrons. The number of anilines is 1. The Bertz CT molecular complexity index is 926. The summed E-state index contributed by atoms with van der Waals surface area (Å²) in [6.45, 7) is 2.54. The van der Waals surface area contributed by atoms with Crippen LogP contribution in [0.25, 0.3) is 10.4 Å². The number of azide groups is 1. The van der Waals surface area contributed by atoms with Gasteiger partial charge in [-0.05, 0) is 11.6 Å². The maximum absolute atomic E-state index is 12.3. The first kappa shape index (κ1) is 21.7. The summed E-state index contributed by atoms with van der Waals surface area (Å²) in [5.41, 5.74) is 11.5. The monoisotopic (exact) mass is 410 g/mol. The van der Waals surface area contributed by atoms with Gasteiger partial charge >= 0.3 is 23.6 Å². The van der Waals surface area contributed by atoms with Crippen LogP contribution >= 0.6 is 0 Å². The Morgan fingerprint density at radius 1 is 1.31 bits per heavy atom. The van der Waals surface area contributed by atoms with Crippen molar-refractivity contribution in [2.75, 3.05) is 12.3 Å². The minimum absolute atomic E-state index is 0.0777. The predicted molar refractivity (Wildman–Crippen MR) is 92.6 cm³/mol. The average Bonchev–Trinajstić information content (AvgIpc) is 2.87. The molecule has 0 aromatic carbocycles. The molecule has 4 unspecified atom stereocenters. The van der Waals surface area contributed by atoms with Crippen LogP contribution in [-0.2, 0) is 33.3 Å². The minimum atomic E-state index is -2.13. The molecule has 1 saturated heterocycles. The van der Waals surface area contributed by atoms with Crippen LogP contribution in [0.5, 0.6) is 0 Å². The number of nitrogens with two attached hydrogens (primary N) is 1. The van der Waals surface area contributed by atoms with Crippen molar-refractivity contribution in [3.05, 3.63) is 33.2 Å². The highest BCUT2D eigenvalue weighted by Crippen LogP contribution is 2.42. The van der Waals surface area contributed by atoms with Crippen molar-refractivity contribution in [2.24, 2.45) is 5.11 Å². The first-order valence-electron chi connectivity index (χ1n) is 8.16. The van der Waals surface area contributed by atoms with E-state index in [2.05, 4.69) is 15.0 Å². The normalized spacial score (nSPS) is 25.6. The lowest BCUT2D eigenvalue weighted by Crippen LogP contribution is -2.49. The van der Waals surface area contributed by atoms with E-state index in [0.717, 1.165) is 25.3 Å². The zero-order chi connectivity index (χ0) is 21.8. The highest BCUT2D eigenvalue weighted by atomic mass is 16.7. The topological polar surface area (TPSA) is 198 Å². The van der Waals surface area contributed by atoms with Crippen LogP contribution in [-0.4, -0.2) is 52.0 Å². The van der Waals surface area contributed by atoms with Crippen molar-refractivity contribution in [3.8, 4) is 0 Å². The van der Waals surface area contributed by atoms with Gasteiger partial charge in [-0.25, -0.2) is 4.79 Å². The third-order valence-corrected chi connectivity index (χ3v) is 3.77. The minimum Gasteiger partial charge on any atom is -0.462 e. The zero-order valence-electron chi connectivity index (χ0n) is 15.7. The van der Waals surface area contributed by atoms with Crippen molar-refractivity contribution in [1.29, 1.82) is 0 Å². The van der Waals surface area contributed by atoms with Crippen LogP contribution in [0.4, 0.5) is 5.82 Å². The Balaban J connectivity index is 2.64. The van der Waals surface area contributed by atoms with E-state index in [0.29, 0.717) is 0 Å². The van der Waals surface area contributed by atoms with Crippen LogP contribution < -0.4 is 11.4 Å². The maximum Gasteiger partial charge on any atom is 0.351 e. The first-order chi connectivity index (χ1) is 13.6. The second-order valence-corrected chi connectivity index (χ2v) is 5.97. The molecule has 0 bridgehead atoms. The van der Waals surface area contributed by atoms with Gasteiger partial charge in [-0.15, -0.1) is 0 Å². The lowest BCUT2D eigenvalue weighted by atomic mass is 10.0. The fraction of sp³-hybridized carbons (Fsp3) is 0.533. The summed E-state index contributed by atoms with van der Waals surface area (Å²) in [5.74, 6) is -2.46. The van der Waals surface area contributed by atoms with Gasteiger partial charge < -0.3 is 24.7 Å². The third-order valence-electron chi connectivity index (χ3n) is 3.77. The summed E-state index contributed by atoms with van der Waals surface area (Å²) in [6.07, 6.45) is -3.23. The molecular weight excluding hydrogens is 392 g/mol. The molecule has 2 rings (SSSR count). The van der Waals surface area contributed by atoms with Gasteiger partial charge in [-0.3, -0.25) is 19.0 Å². The predicted octanol–water partition coefficient (Wildman–Crippen LogP) is -0.213. The lowest BCUT2D eigenvalue weighted by molar-refractivity contribution is -0.176. The number of carbonyl (C=O) groups excluding carboxylic acids is 3. The van der Waals surface area contributed by atoms with Crippen LogP contribution in [0.2, 0.25) is 0 Å². The molecule has 0 spiro atoms. The highest BCUT2D eigenvalue weighted by Gasteiger charge is 2.61. The Kier molecular flexibility index (Phi) is 6.41. The molecule has 4 atom stereocenters. The molecule has 0 aliphatic carbocycles. The SMILES string of the molecule is CC(=O)OCC1(N=[N+]=[N-])OC(n2ccc(N)nc2=O)C(OC(C)=O)C1OC(C)=O. The number of rotatable bonds is 6. The van der Waals surface area contributed by atoms with Gasteiger partial charge in [0.15, 0.2) is 18.4 Å². The summed E-state index contributed by atoms with van der Waals surface area (Å²) in [5, 5.41) is 3.49. The number of ether oxygens (including phenoxy) is 4. The van der Waals surface area contributed by atoms with E-state index < -0.39 is 54.4 Å². The molecule has 2 N–H and O–H groups in total. The van der Waals surface area contributed by atoms with E-state index >= 15 is 0 Å². The molecule has 156 valence electrons. The lowest BCUT2D eigenvalue weighted by Gasteiger charge is -2.29. The molecule has 1 aromatic heterocycles. The largest absolute Gasteiger partial charge is 0.462 e. The molecule has 1 fully saturated rings. The first-order valence-corrected chi connectivity index (χ1v) is 8.16. The fourth-order valence-electron chi connectivity index (χ4n) is 2.74. The number of nitrogen functional groups attached to an aromatic ring is 1. The van der Waals surface area contributed by atoms with Crippen molar-refractivity contribution in [2.45, 2.75) is 44.9 Å². The van der Waals surface area contributed by atoms with Crippen LogP contribution in [0.3, 0.4) is 0 Å². The number of aromatic nitrogens is 2. The maximum atomic E-state index is 12.3. The van der Waals surface area contributed by atoms with Crippen molar-refractivity contribution in [3.63, 3.8) is 0 Å². The van der Waals surface area contributed by atoms with E-state index in [9.17, 15) is 19.2 Å². The molecule has 1 aliphatic heterocycles.